The predicted octanol–water partition coefficient (Wildman–Crippen LogP) is 2.50. The number of ether oxygens (including phenoxy) is 1. The molecule has 0 aliphatic carbocycles. The average Bonchev–Trinajstić information content (AvgIpc) is 2.95. The summed E-state index contributed by atoms with van der Waals surface area (Å²) >= 11 is 0. The Labute approximate surface area is 148 Å². The zero-order valence-corrected chi connectivity index (χ0v) is 15.4. The Hall–Kier alpha value is -2.21. The second kappa shape index (κ2) is 6.96. The van der Waals surface area contributed by atoms with Crippen LogP contribution in [0.2, 0.25) is 0 Å². The molecule has 134 valence electrons. The quantitative estimate of drug-likeness (QED) is 0.856. The van der Waals surface area contributed by atoms with Crippen LogP contribution in [0.25, 0.3) is 0 Å². The van der Waals surface area contributed by atoms with Crippen molar-refractivity contribution in [2.24, 2.45) is 12.5 Å². The number of hydrogen-bond donors (Lipinski definition) is 0. The van der Waals surface area contributed by atoms with E-state index >= 15 is 0 Å². The number of benzene rings is 1. The first-order valence-corrected chi connectivity index (χ1v) is 8.65. The lowest BCUT2D eigenvalue weighted by molar-refractivity contribution is -0.141. The molecule has 0 saturated carbocycles. The fraction of sp³-hybridized carbons (Fsp3) is 0.526. The van der Waals surface area contributed by atoms with Gasteiger partial charge in [-0.1, -0.05) is 56.3 Å². The van der Waals surface area contributed by atoms with Crippen molar-refractivity contribution < 1.29 is 9.53 Å². The van der Waals surface area contributed by atoms with Gasteiger partial charge in [0, 0.05) is 24.9 Å². The van der Waals surface area contributed by atoms with Crippen LogP contribution in [0.3, 0.4) is 0 Å². The normalized spacial score (nSPS) is 17.4. The SMILES string of the molecule is Cn1nnc2c1C(COCc1ccccc1)CN(C(=O)C(C)(C)C)C2. The monoisotopic (exact) mass is 342 g/mol. The summed E-state index contributed by atoms with van der Waals surface area (Å²) in [5.41, 5.74) is 2.68. The van der Waals surface area contributed by atoms with E-state index in [1.165, 1.54) is 0 Å². The molecule has 0 saturated heterocycles. The van der Waals surface area contributed by atoms with Gasteiger partial charge < -0.3 is 9.64 Å². The summed E-state index contributed by atoms with van der Waals surface area (Å²) in [5.74, 6) is 0.218. The highest BCUT2D eigenvalue weighted by Gasteiger charge is 2.36. The maximum Gasteiger partial charge on any atom is 0.228 e. The van der Waals surface area contributed by atoms with Gasteiger partial charge in [-0.05, 0) is 5.56 Å². The molecule has 1 unspecified atom stereocenters. The van der Waals surface area contributed by atoms with Gasteiger partial charge in [0.25, 0.3) is 0 Å². The smallest absolute Gasteiger partial charge is 0.228 e. The number of nitrogens with zero attached hydrogens (tertiary/aromatic N) is 4. The van der Waals surface area contributed by atoms with Crippen LogP contribution in [-0.2, 0) is 29.7 Å². The Bertz CT molecular complexity index is 734. The highest BCUT2D eigenvalue weighted by atomic mass is 16.5. The van der Waals surface area contributed by atoms with Crippen LogP contribution < -0.4 is 0 Å². The van der Waals surface area contributed by atoms with Crippen molar-refractivity contribution in [1.82, 2.24) is 19.9 Å². The summed E-state index contributed by atoms with van der Waals surface area (Å²) < 4.78 is 7.76. The lowest BCUT2D eigenvalue weighted by atomic mass is 9.91. The lowest BCUT2D eigenvalue weighted by Crippen LogP contribution is -2.45. The minimum absolute atomic E-state index is 0.0822. The molecule has 1 amide bonds. The number of carbonyl (C=O) groups excluding carboxylic acids is 1. The van der Waals surface area contributed by atoms with Crippen molar-refractivity contribution in [2.75, 3.05) is 13.2 Å². The van der Waals surface area contributed by atoms with Crippen LogP contribution in [0.5, 0.6) is 0 Å². The van der Waals surface area contributed by atoms with E-state index in [2.05, 4.69) is 10.3 Å². The fourth-order valence-corrected chi connectivity index (χ4v) is 3.27. The summed E-state index contributed by atoms with van der Waals surface area (Å²) in [7, 11) is 1.90. The zero-order valence-electron chi connectivity index (χ0n) is 15.4. The Morgan fingerprint density at radius 2 is 2.00 bits per heavy atom. The van der Waals surface area contributed by atoms with Gasteiger partial charge in [-0.2, -0.15) is 0 Å². The minimum atomic E-state index is -0.408. The van der Waals surface area contributed by atoms with E-state index in [1.807, 2.05) is 67.7 Å². The van der Waals surface area contributed by atoms with Crippen LogP contribution in [0.1, 0.15) is 43.6 Å². The van der Waals surface area contributed by atoms with Gasteiger partial charge in [-0.25, -0.2) is 0 Å². The van der Waals surface area contributed by atoms with Gasteiger partial charge >= 0.3 is 0 Å². The summed E-state index contributed by atoms with van der Waals surface area (Å²) in [6, 6.07) is 10.1. The van der Waals surface area contributed by atoms with Crippen LogP contribution >= 0.6 is 0 Å². The topological polar surface area (TPSA) is 60.2 Å². The first kappa shape index (κ1) is 17.6. The Kier molecular flexibility index (Phi) is 4.90. The number of hydrogen-bond acceptors (Lipinski definition) is 4. The Morgan fingerprint density at radius 1 is 1.28 bits per heavy atom. The van der Waals surface area contributed by atoms with Crippen molar-refractivity contribution >= 4 is 5.91 Å². The third-order valence-electron chi connectivity index (χ3n) is 4.47. The van der Waals surface area contributed by atoms with Crippen molar-refractivity contribution in [2.45, 2.75) is 39.8 Å². The molecule has 2 aromatic rings. The van der Waals surface area contributed by atoms with Gasteiger partial charge in [0.05, 0.1) is 25.5 Å². The van der Waals surface area contributed by atoms with Crippen LogP contribution in [-0.4, -0.2) is 39.0 Å². The highest BCUT2D eigenvalue weighted by Crippen LogP contribution is 2.30. The Morgan fingerprint density at radius 3 is 2.68 bits per heavy atom. The molecule has 6 heteroatoms. The molecule has 1 aromatic carbocycles. The maximum atomic E-state index is 12.7. The third-order valence-corrected chi connectivity index (χ3v) is 4.47. The van der Waals surface area contributed by atoms with Gasteiger partial charge in [0.2, 0.25) is 5.91 Å². The maximum absolute atomic E-state index is 12.7. The Balaban J connectivity index is 1.72. The summed E-state index contributed by atoms with van der Waals surface area (Å²) in [6.45, 7) is 8.10. The number of aryl methyl sites for hydroxylation is 1. The molecule has 1 aromatic heterocycles. The second-order valence-corrected chi connectivity index (χ2v) is 7.68. The van der Waals surface area contributed by atoms with E-state index < -0.39 is 5.41 Å². The predicted molar refractivity (Wildman–Crippen MR) is 94.7 cm³/mol. The average molecular weight is 342 g/mol. The van der Waals surface area contributed by atoms with Gasteiger partial charge in [0.15, 0.2) is 0 Å². The molecule has 0 bridgehead atoms. The molecule has 6 nitrogen and oxygen atoms in total. The number of carbonyl (C=O) groups is 1. The molecular formula is C19H26N4O2. The summed E-state index contributed by atoms with van der Waals surface area (Å²) in [4.78, 5) is 14.6. The standard InChI is InChI=1S/C19H26N4O2/c1-19(2,3)18(24)23-10-15(17-16(11-23)20-21-22(17)4)13-25-12-14-8-6-5-7-9-14/h5-9,15H,10-13H2,1-4H3. The van der Waals surface area contributed by atoms with Crippen molar-refractivity contribution in [1.29, 1.82) is 0 Å². The second-order valence-electron chi connectivity index (χ2n) is 7.68. The molecule has 0 N–H and O–H groups in total. The van der Waals surface area contributed by atoms with E-state index in [9.17, 15) is 4.79 Å². The van der Waals surface area contributed by atoms with Gasteiger partial charge in [-0.3, -0.25) is 9.48 Å². The van der Waals surface area contributed by atoms with Gasteiger partial charge in [-0.15, -0.1) is 5.10 Å². The third kappa shape index (κ3) is 3.90. The minimum Gasteiger partial charge on any atom is -0.376 e. The summed E-state index contributed by atoms with van der Waals surface area (Å²) in [5, 5.41) is 8.39. The van der Waals surface area contributed by atoms with Crippen molar-refractivity contribution in [3.05, 3.63) is 47.3 Å². The molecule has 0 radical (unpaired) electrons. The van der Waals surface area contributed by atoms with E-state index in [0.29, 0.717) is 26.3 Å². The van der Waals surface area contributed by atoms with Crippen molar-refractivity contribution in [3.8, 4) is 0 Å². The number of aromatic nitrogens is 3. The molecule has 0 spiro atoms. The first-order valence-electron chi connectivity index (χ1n) is 8.65. The first-order chi connectivity index (χ1) is 11.9. The van der Waals surface area contributed by atoms with Crippen LogP contribution in [0, 0.1) is 5.41 Å². The number of rotatable bonds is 4. The fourth-order valence-electron chi connectivity index (χ4n) is 3.27. The van der Waals surface area contributed by atoms with E-state index in [0.717, 1.165) is 17.0 Å². The van der Waals surface area contributed by atoms with E-state index in [1.54, 1.807) is 0 Å². The molecule has 3 rings (SSSR count). The number of fused-ring (bicyclic) bond motifs is 1. The molecule has 2 heterocycles. The number of amides is 1. The highest BCUT2D eigenvalue weighted by molar-refractivity contribution is 5.81. The molecular weight excluding hydrogens is 316 g/mol. The largest absolute Gasteiger partial charge is 0.376 e. The molecule has 25 heavy (non-hydrogen) atoms. The molecule has 0 fully saturated rings. The van der Waals surface area contributed by atoms with Crippen LogP contribution in [0.4, 0.5) is 0 Å². The van der Waals surface area contributed by atoms with E-state index in [-0.39, 0.29) is 11.8 Å². The van der Waals surface area contributed by atoms with Gasteiger partial charge in [0.1, 0.15) is 5.69 Å². The lowest BCUT2D eigenvalue weighted by Gasteiger charge is -2.35. The zero-order chi connectivity index (χ0) is 18.0. The van der Waals surface area contributed by atoms with Crippen molar-refractivity contribution in [3.63, 3.8) is 0 Å². The molecule has 1 atom stereocenters. The van der Waals surface area contributed by atoms with Crippen LogP contribution in [0.15, 0.2) is 30.3 Å². The van der Waals surface area contributed by atoms with E-state index in [4.69, 9.17) is 4.74 Å². The summed E-state index contributed by atoms with van der Waals surface area (Å²) in [6.07, 6.45) is 0. The molecule has 1 aliphatic heterocycles. The molecule has 1 aliphatic rings.